The minimum absolute atomic E-state index is 0.0573. The molecule has 0 aliphatic heterocycles. The number of aliphatic carboxylic acids is 1. The first-order valence-corrected chi connectivity index (χ1v) is 8.85. The topological polar surface area (TPSA) is 83.6 Å². The number of hydrogen-bond donors (Lipinski definition) is 1. The zero-order valence-corrected chi connectivity index (χ0v) is 14.5. The van der Waals surface area contributed by atoms with Gasteiger partial charge in [-0.05, 0) is 31.9 Å². The number of carboxylic acid groups (broad SMARTS) is 1. The number of carboxylic acids is 1. The number of thiazole rings is 1. The summed E-state index contributed by atoms with van der Waals surface area (Å²) in [7, 11) is 0. The highest BCUT2D eigenvalue weighted by atomic mass is 32.1. The number of carbonyl (C=O) groups excluding carboxylic acids is 1. The molecule has 7 heteroatoms. The average molecular weight is 348 g/mol. The molecular formula is C17H20N2O4S. The van der Waals surface area contributed by atoms with Crippen molar-refractivity contribution in [1.29, 1.82) is 0 Å². The van der Waals surface area contributed by atoms with Gasteiger partial charge in [-0.25, -0.2) is 4.98 Å². The van der Waals surface area contributed by atoms with Crippen molar-refractivity contribution in [3.63, 3.8) is 0 Å². The molecule has 0 saturated heterocycles. The lowest BCUT2D eigenvalue weighted by Gasteiger charge is -2.24. The van der Waals surface area contributed by atoms with Crippen LogP contribution >= 0.6 is 11.3 Å². The third-order valence-corrected chi connectivity index (χ3v) is 4.94. The molecule has 0 bridgehead atoms. The molecule has 1 unspecified atom stereocenters. The Bertz CT molecular complexity index is 747. The van der Waals surface area contributed by atoms with E-state index in [1.807, 2.05) is 24.4 Å². The molecule has 1 atom stereocenters. The molecule has 6 nitrogen and oxygen atoms in total. The van der Waals surface area contributed by atoms with Crippen molar-refractivity contribution >= 4 is 23.2 Å². The molecule has 0 aromatic carbocycles. The van der Waals surface area contributed by atoms with E-state index in [4.69, 9.17) is 9.52 Å². The van der Waals surface area contributed by atoms with Gasteiger partial charge in [-0.3, -0.25) is 9.59 Å². The monoisotopic (exact) mass is 348 g/mol. The summed E-state index contributed by atoms with van der Waals surface area (Å²) in [6, 6.07) is 3.93. The van der Waals surface area contributed by atoms with Crippen LogP contribution in [0.15, 0.2) is 21.9 Å². The summed E-state index contributed by atoms with van der Waals surface area (Å²) in [5.74, 6) is 0.0254. The van der Waals surface area contributed by atoms with Gasteiger partial charge >= 0.3 is 5.97 Å². The molecular weight excluding hydrogens is 328 g/mol. The zero-order chi connectivity index (χ0) is 17.3. The van der Waals surface area contributed by atoms with Crippen molar-refractivity contribution in [2.24, 2.45) is 5.92 Å². The Morgan fingerprint density at radius 3 is 2.79 bits per heavy atom. The van der Waals surface area contributed by atoms with E-state index in [0.717, 1.165) is 23.6 Å². The lowest BCUT2D eigenvalue weighted by molar-refractivity contribution is -0.143. The first kappa shape index (κ1) is 16.7. The summed E-state index contributed by atoms with van der Waals surface area (Å²) >= 11 is 1.44. The summed E-state index contributed by atoms with van der Waals surface area (Å²) in [5, 5.41) is 11.7. The molecule has 128 valence electrons. The van der Waals surface area contributed by atoms with Crippen LogP contribution in [0.3, 0.4) is 0 Å². The second-order valence-corrected chi connectivity index (χ2v) is 7.11. The van der Waals surface area contributed by atoms with Gasteiger partial charge in [0.1, 0.15) is 5.76 Å². The summed E-state index contributed by atoms with van der Waals surface area (Å²) in [6.07, 6.45) is 2.09. The van der Waals surface area contributed by atoms with Gasteiger partial charge < -0.3 is 14.4 Å². The average Bonchev–Trinajstić information content (AvgIpc) is 3.11. The molecule has 1 amide bonds. The van der Waals surface area contributed by atoms with Crippen molar-refractivity contribution in [1.82, 2.24) is 9.88 Å². The molecule has 1 N–H and O–H groups in total. The molecule has 1 aliphatic carbocycles. The number of aromatic nitrogens is 1. The summed E-state index contributed by atoms with van der Waals surface area (Å²) in [4.78, 5) is 29.8. The van der Waals surface area contributed by atoms with Crippen LogP contribution in [0.2, 0.25) is 0 Å². The standard InChI is InChI=1S/C17H20N2O4S/c1-10(17(21)22)8-19(13-4-5-13)15(20)7-12-9-24-16(18-12)14-6-3-11(2)23-14/h3,6,9-10,13H,4-5,7-8H2,1-2H3,(H,21,22). The normalized spacial score (nSPS) is 15.2. The highest BCUT2D eigenvalue weighted by molar-refractivity contribution is 7.13. The fraction of sp³-hybridized carbons (Fsp3) is 0.471. The Kier molecular flexibility index (Phi) is 4.71. The molecule has 2 aromatic rings. The van der Waals surface area contributed by atoms with E-state index < -0.39 is 11.9 Å². The lowest BCUT2D eigenvalue weighted by atomic mass is 10.1. The van der Waals surface area contributed by atoms with Crippen LogP contribution in [-0.4, -0.2) is 39.5 Å². The smallest absolute Gasteiger partial charge is 0.308 e. The van der Waals surface area contributed by atoms with E-state index in [1.54, 1.807) is 11.8 Å². The minimum atomic E-state index is -0.877. The Labute approximate surface area is 144 Å². The predicted molar refractivity (Wildman–Crippen MR) is 89.8 cm³/mol. The van der Waals surface area contributed by atoms with Crippen molar-refractivity contribution in [3.05, 3.63) is 29.0 Å². The van der Waals surface area contributed by atoms with Gasteiger partial charge in [0.05, 0.1) is 18.0 Å². The number of aryl methyl sites for hydroxylation is 1. The third kappa shape index (κ3) is 3.84. The second-order valence-electron chi connectivity index (χ2n) is 6.25. The summed E-state index contributed by atoms with van der Waals surface area (Å²) < 4.78 is 5.55. The molecule has 2 aromatic heterocycles. The summed E-state index contributed by atoms with van der Waals surface area (Å²) in [6.45, 7) is 3.76. The number of rotatable bonds is 7. The quantitative estimate of drug-likeness (QED) is 0.832. The van der Waals surface area contributed by atoms with Gasteiger partial charge in [0.15, 0.2) is 10.8 Å². The van der Waals surface area contributed by atoms with Crippen LogP contribution in [-0.2, 0) is 16.0 Å². The van der Waals surface area contributed by atoms with E-state index in [2.05, 4.69) is 4.98 Å². The van der Waals surface area contributed by atoms with E-state index >= 15 is 0 Å². The van der Waals surface area contributed by atoms with Gasteiger partial charge in [-0.1, -0.05) is 6.92 Å². The van der Waals surface area contributed by atoms with Gasteiger partial charge in [-0.2, -0.15) is 0 Å². The lowest BCUT2D eigenvalue weighted by Crippen LogP contribution is -2.39. The largest absolute Gasteiger partial charge is 0.481 e. The first-order valence-electron chi connectivity index (χ1n) is 7.97. The van der Waals surface area contributed by atoms with Crippen LogP contribution in [0.25, 0.3) is 10.8 Å². The molecule has 0 radical (unpaired) electrons. The highest BCUT2D eigenvalue weighted by Gasteiger charge is 2.34. The Balaban J connectivity index is 1.67. The number of hydrogen-bond acceptors (Lipinski definition) is 5. The van der Waals surface area contributed by atoms with Crippen molar-refractivity contribution < 1.29 is 19.1 Å². The maximum absolute atomic E-state index is 12.6. The van der Waals surface area contributed by atoms with Gasteiger partial charge in [-0.15, -0.1) is 11.3 Å². The van der Waals surface area contributed by atoms with Crippen molar-refractivity contribution in [2.75, 3.05) is 6.54 Å². The number of furan rings is 1. The number of amides is 1. The van der Waals surface area contributed by atoms with E-state index in [9.17, 15) is 9.59 Å². The van der Waals surface area contributed by atoms with Gasteiger partial charge in [0.25, 0.3) is 0 Å². The molecule has 3 rings (SSSR count). The zero-order valence-electron chi connectivity index (χ0n) is 13.7. The molecule has 2 heterocycles. The van der Waals surface area contributed by atoms with Crippen molar-refractivity contribution in [2.45, 2.75) is 39.2 Å². The molecule has 1 fully saturated rings. The Hall–Kier alpha value is -2.15. The Morgan fingerprint density at radius 1 is 1.46 bits per heavy atom. The van der Waals surface area contributed by atoms with E-state index in [0.29, 0.717) is 11.5 Å². The summed E-state index contributed by atoms with van der Waals surface area (Å²) in [5.41, 5.74) is 0.697. The Morgan fingerprint density at radius 2 is 2.21 bits per heavy atom. The molecule has 0 spiro atoms. The molecule has 1 aliphatic rings. The first-order chi connectivity index (χ1) is 11.4. The maximum atomic E-state index is 12.6. The minimum Gasteiger partial charge on any atom is -0.481 e. The SMILES string of the molecule is Cc1ccc(-c2nc(CC(=O)N(CC(C)C(=O)O)C3CC3)cs2)o1. The van der Waals surface area contributed by atoms with Crippen LogP contribution in [0.5, 0.6) is 0 Å². The van der Waals surface area contributed by atoms with E-state index in [-0.39, 0.29) is 24.9 Å². The van der Waals surface area contributed by atoms with Gasteiger partial charge in [0, 0.05) is 18.0 Å². The van der Waals surface area contributed by atoms with Crippen LogP contribution in [0, 0.1) is 12.8 Å². The third-order valence-electron chi connectivity index (χ3n) is 4.04. The van der Waals surface area contributed by atoms with E-state index in [1.165, 1.54) is 11.3 Å². The number of carbonyl (C=O) groups is 2. The van der Waals surface area contributed by atoms with Crippen molar-refractivity contribution in [3.8, 4) is 10.8 Å². The van der Waals surface area contributed by atoms with Crippen LogP contribution in [0.1, 0.15) is 31.2 Å². The molecule has 24 heavy (non-hydrogen) atoms. The van der Waals surface area contributed by atoms with Gasteiger partial charge in [0.2, 0.25) is 5.91 Å². The number of nitrogens with zero attached hydrogens (tertiary/aromatic N) is 2. The highest BCUT2D eigenvalue weighted by Crippen LogP contribution is 2.29. The fourth-order valence-electron chi connectivity index (χ4n) is 2.52. The molecule has 1 saturated carbocycles. The van der Waals surface area contributed by atoms with Crippen LogP contribution in [0.4, 0.5) is 0 Å². The predicted octanol–water partition coefficient (Wildman–Crippen LogP) is 2.97. The fourth-order valence-corrected chi connectivity index (χ4v) is 3.30. The maximum Gasteiger partial charge on any atom is 0.308 e. The second kappa shape index (κ2) is 6.76. The van der Waals surface area contributed by atoms with Crippen LogP contribution < -0.4 is 0 Å².